The summed E-state index contributed by atoms with van der Waals surface area (Å²) in [6, 6.07) is 15.0. The summed E-state index contributed by atoms with van der Waals surface area (Å²) in [4.78, 5) is 11.3. The van der Waals surface area contributed by atoms with Crippen LogP contribution in [0.4, 0.5) is 0 Å². The summed E-state index contributed by atoms with van der Waals surface area (Å²) in [5.41, 5.74) is 7.53. The van der Waals surface area contributed by atoms with Gasteiger partial charge < -0.3 is 10.5 Å². The van der Waals surface area contributed by atoms with Gasteiger partial charge in [0.05, 0.1) is 4.90 Å². The summed E-state index contributed by atoms with van der Waals surface area (Å²) >= 11 is 1.53. The maximum atomic E-state index is 11.3. The van der Waals surface area contributed by atoms with E-state index in [-0.39, 0.29) is 10.9 Å². The van der Waals surface area contributed by atoms with E-state index in [2.05, 4.69) is 0 Å². The maximum Gasteiger partial charge on any atom is 0.324 e. The number of carbonyl (C=O) groups excluding carboxylic acids is 1. The number of hydrogen-bond acceptors (Lipinski definition) is 6. The Kier molecular flexibility index (Phi) is 9.36. The molecular weight excluding hydrogens is 374 g/mol. The van der Waals surface area contributed by atoms with Gasteiger partial charge in [0.25, 0.3) is 10.1 Å². The number of benzene rings is 2. The van der Waals surface area contributed by atoms with Crippen LogP contribution < -0.4 is 5.73 Å². The zero-order valence-electron chi connectivity index (χ0n) is 14.7. The number of ether oxygens (including phenoxy) is 1. The van der Waals surface area contributed by atoms with Crippen molar-refractivity contribution in [2.24, 2.45) is 5.73 Å². The monoisotopic (exact) mass is 397 g/mol. The van der Waals surface area contributed by atoms with E-state index >= 15 is 0 Å². The molecule has 2 aromatic carbocycles. The highest BCUT2D eigenvalue weighted by atomic mass is 32.2. The highest BCUT2D eigenvalue weighted by molar-refractivity contribution is 7.98. The quantitative estimate of drug-likeness (QED) is 0.570. The summed E-state index contributed by atoms with van der Waals surface area (Å²) < 4.78 is 34.6. The molecule has 0 aromatic heterocycles. The third-order valence-electron chi connectivity index (χ3n) is 3.19. The van der Waals surface area contributed by atoms with Crippen LogP contribution in [0.5, 0.6) is 0 Å². The van der Waals surface area contributed by atoms with E-state index < -0.39 is 16.2 Å². The van der Waals surface area contributed by atoms with Crippen LogP contribution >= 0.6 is 11.8 Å². The molecule has 0 amide bonds. The van der Waals surface area contributed by atoms with Crippen molar-refractivity contribution in [3.05, 3.63) is 65.7 Å². The van der Waals surface area contributed by atoms with Gasteiger partial charge in [0.15, 0.2) is 0 Å². The zero-order valence-corrected chi connectivity index (χ0v) is 16.3. The fourth-order valence-electron chi connectivity index (χ4n) is 1.79. The molecule has 0 fully saturated rings. The number of aryl methyl sites for hydroxylation is 1. The van der Waals surface area contributed by atoms with Crippen molar-refractivity contribution in [2.45, 2.75) is 24.5 Å². The molecule has 0 unspecified atom stereocenters. The summed E-state index contributed by atoms with van der Waals surface area (Å²) in [5, 5.41) is 0. The van der Waals surface area contributed by atoms with Crippen LogP contribution in [0.25, 0.3) is 0 Å². The van der Waals surface area contributed by atoms with Crippen molar-refractivity contribution in [1.82, 2.24) is 0 Å². The third-order valence-corrected chi connectivity index (χ3v) is 4.75. The number of nitrogens with two attached hydrogens (primary N) is 1. The van der Waals surface area contributed by atoms with Crippen LogP contribution in [0.3, 0.4) is 0 Å². The average Bonchev–Trinajstić information content (AvgIpc) is 2.61. The fraction of sp³-hybridized carbons (Fsp3) is 0.278. The molecule has 0 spiro atoms. The van der Waals surface area contributed by atoms with Crippen molar-refractivity contribution in [1.29, 1.82) is 0 Å². The summed E-state index contributed by atoms with van der Waals surface area (Å²) in [6.07, 6.45) is 1.91. The Balaban J connectivity index is 0.000000273. The second kappa shape index (κ2) is 11.0. The van der Waals surface area contributed by atoms with E-state index in [9.17, 15) is 13.2 Å². The summed E-state index contributed by atoms with van der Waals surface area (Å²) in [7, 11) is -4.02. The van der Waals surface area contributed by atoms with Gasteiger partial charge in [-0.15, -0.1) is 0 Å². The minimum atomic E-state index is -4.02. The van der Waals surface area contributed by atoms with Crippen LogP contribution in [-0.2, 0) is 26.3 Å². The largest absolute Gasteiger partial charge is 0.460 e. The number of hydrogen-bond donors (Lipinski definition) is 2. The Morgan fingerprint density at radius 2 is 1.73 bits per heavy atom. The van der Waals surface area contributed by atoms with Gasteiger partial charge in [-0.1, -0.05) is 48.0 Å². The normalized spacial score (nSPS) is 11.8. The van der Waals surface area contributed by atoms with Crippen LogP contribution in [0.2, 0.25) is 0 Å². The first-order valence-corrected chi connectivity index (χ1v) is 10.6. The van der Waals surface area contributed by atoms with Crippen molar-refractivity contribution >= 4 is 27.8 Å². The van der Waals surface area contributed by atoms with Gasteiger partial charge in [-0.25, -0.2) is 0 Å². The van der Waals surface area contributed by atoms with Crippen LogP contribution in [0.15, 0.2) is 59.5 Å². The topological polar surface area (TPSA) is 107 Å². The lowest BCUT2D eigenvalue weighted by Gasteiger charge is -2.09. The Hall–Kier alpha value is -1.87. The van der Waals surface area contributed by atoms with Crippen LogP contribution in [0.1, 0.15) is 11.1 Å². The highest BCUT2D eigenvalue weighted by Crippen LogP contribution is 2.08. The van der Waals surface area contributed by atoms with Gasteiger partial charge in [0.1, 0.15) is 12.6 Å². The predicted octanol–water partition coefficient (Wildman–Crippen LogP) is 2.66. The van der Waals surface area contributed by atoms with Crippen molar-refractivity contribution in [2.75, 3.05) is 12.0 Å². The molecule has 3 N–H and O–H groups in total. The highest BCUT2D eigenvalue weighted by Gasteiger charge is 2.13. The summed E-state index contributed by atoms with van der Waals surface area (Å²) in [5.74, 6) is 0.251. The van der Waals surface area contributed by atoms with Gasteiger partial charge in [-0.2, -0.15) is 20.2 Å². The molecule has 6 nitrogen and oxygen atoms in total. The van der Waals surface area contributed by atoms with Gasteiger partial charge in [0.2, 0.25) is 0 Å². The van der Waals surface area contributed by atoms with E-state index in [1.165, 1.54) is 23.9 Å². The van der Waals surface area contributed by atoms with Crippen molar-refractivity contribution < 1.29 is 22.5 Å². The Morgan fingerprint density at radius 3 is 2.23 bits per heavy atom. The lowest BCUT2D eigenvalue weighted by molar-refractivity contribution is -0.145. The van der Waals surface area contributed by atoms with Crippen LogP contribution in [-0.4, -0.2) is 37.0 Å². The van der Waals surface area contributed by atoms with E-state index in [1.807, 2.05) is 43.5 Å². The second-order valence-corrected chi connectivity index (χ2v) is 7.78. The van der Waals surface area contributed by atoms with Gasteiger partial charge in [-0.3, -0.25) is 9.35 Å². The molecule has 2 rings (SSSR count). The first-order valence-electron chi connectivity index (χ1n) is 7.73. The molecule has 0 heterocycles. The smallest absolute Gasteiger partial charge is 0.324 e. The minimum absolute atomic E-state index is 0.0666. The SMILES string of the molecule is CSC[C@H](N)C(=O)OCc1ccccc1.Cc1ccc(S(=O)(=O)O)cc1. The maximum absolute atomic E-state index is 11.3. The van der Waals surface area contributed by atoms with E-state index in [4.69, 9.17) is 15.0 Å². The molecule has 0 aliphatic carbocycles. The van der Waals surface area contributed by atoms with E-state index in [0.29, 0.717) is 12.4 Å². The molecule has 0 bridgehead atoms. The minimum Gasteiger partial charge on any atom is -0.460 e. The molecule has 0 saturated carbocycles. The second-order valence-electron chi connectivity index (χ2n) is 5.44. The molecule has 142 valence electrons. The Bertz CT molecular complexity index is 777. The van der Waals surface area contributed by atoms with Crippen molar-refractivity contribution in [3.8, 4) is 0 Å². The summed E-state index contributed by atoms with van der Waals surface area (Å²) in [6.45, 7) is 2.13. The first kappa shape index (κ1) is 22.2. The lowest BCUT2D eigenvalue weighted by atomic mass is 10.2. The molecule has 1 atom stereocenters. The molecule has 0 saturated heterocycles. The number of thioether (sulfide) groups is 1. The van der Waals surface area contributed by atoms with Gasteiger partial charge in [-0.05, 0) is 30.9 Å². The number of rotatable bonds is 6. The molecule has 26 heavy (non-hydrogen) atoms. The molecule has 0 radical (unpaired) electrons. The molecule has 8 heteroatoms. The molecule has 2 aromatic rings. The standard InChI is InChI=1S/C11H15NO2S.C7H8O3S/c1-15-8-10(12)11(13)14-7-9-5-3-2-4-6-9;1-6-2-4-7(5-3-6)11(8,9)10/h2-6,10H,7-8,12H2,1H3;2-5H,1H3,(H,8,9,10)/t10-;/m0./s1. The zero-order chi connectivity index (χ0) is 19.6. The molecule has 0 aliphatic rings. The van der Waals surface area contributed by atoms with E-state index in [0.717, 1.165) is 11.1 Å². The lowest BCUT2D eigenvalue weighted by Crippen LogP contribution is -2.34. The van der Waals surface area contributed by atoms with Gasteiger partial charge >= 0.3 is 5.97 Å². The number of esters is 1. The Labute approximate surface area is 158 Å². The third kappa shape index (κ3) is 8.48. The van der Waals surface area contributed by atoms with E-state index in [1.54, 1.807) is 12.1 Å². The average molecular weight is 398 g/mol. The van der Waals surface area contributed by atoms with Crippen LogP contribution in [0, 0.1) is 6.92 Å². The fourth-order valence-corrected chi connectivity index (χ4v) is 2.77. The molecule has 0 aliphatic heterocycles. The number of carbonyl (C=O) groups is 1. The Morgan fingerprint density at radius 1 is 1.15 bits per heavy atom. The van der Waals surface area contributed by atoms with Crippen molar-refractivity contribution in [3.63, 3.8) is 0 Å². The predicted molar refractivity (Wildman–Crippen MR) is 104 cm³/mol. The van der Waals surface area contributed by atoms with Gasteiger partial charge in [0, 0.05) is 5.75 Å². The first-order chi connectivity index (χ1) is 12.2. The molecular formula is C18H23NO5S2.